The van der Waals surface area contributed by atoms with E-state index in [9.17, 15) is 4.79 Å². The van der Waals surface area contributed by atoms with Crippen molar-refractivity contribution in [1.82, 2.24) is 14.8 Å². The Balaban J connectivity index is 1.72. The summed E-state index contributed by atoms with van der Waals surface area (Å²) in [4.78, 5) is 12.5. The topological polar surface area (TPSA) is 78.3 Å². The van der Waals surface area contributed by atoms with E-state index in [0.29, 0.717) is 28.4 Å². The number of aromatic nitrogens is 3. The van der Waals surface area contributed by atoms with Crippen molar-refractivity contribution in [3.63, 3.8) is 0 Å². The second-order valence-electron chi connectivity index (χ2n) is 8.87. The Bertz CT molecular complexity index is 1100. The molecule has 0 bridgehead atoms. The Kier molecular flexibility index (Phi) is 8.98. The quantitative estimate of drug-likeness (QED) is 0.341. The number of carbonyl (C=O) groups excluding carboxylic acids is 1. The Morgan fingerprint density at radius 1 is 1.06 bits per heavy atom. The molecule has 7 nitrogen and oxygen atoms in total. The van der Waals surface area contributed by atoms with Gasteiger partial charge in [-0.1, -0.05) is 63.7 Å². The molecule has 8 heteroatoms. The minimum Gasteiger partial charge on any atom is -0.497 e. The first-order valence-corrected chi connectivity index (χ1v) is 12.5. The molecule has 1 aromatic heterocycles. The van der Waals surface area contributed by atoms with Crippen molar-refractivity contribution in [3.8, 4) is 11.5 Å². The van der Waals surface area contributed by atoms with Crippen molar-refractivity contribution >= 4 is 23.4 Å². The van der Waals surface area contributed by atoms with E-state index in [-0.39, 0.29) is 17.8 Å². The number of nitrogens with one attached hydrogen (secondary N) is 1. The predicted molar refractivity (Wildman–Crippen MR) is 137 cm³/mol. The minimum atomic E-state index is -0.286. The molecule has 34 heavy (non-hydrogen) atoms. The van der Waals surface area contributed by atoms with Crippen molar-refractivity contribution in [2.24, 2.45) is 5.92 Å². The van der Waals surface area contributed by atoms with Crippen LogP contribution >= 0.6 is 11.8 Å². The number of benzene rings is 2. The summed E-state index contributed by atoms with van der Waals surface area (Å²) in [6.07, 6.45) is -0.286. The zero-order valence-electron chi connectivity index (χ0n) is 20.7. The second-order valence-corrected chi connectivity index (χ2v) is 9.81. The molecule has 1 N–H and O–H groups in total. The fraction of sp³-hybridized carbons (Fsp3) is 0.423. The number of amides is 1. The van der Waals surface area contributed by atoms with Gasteiger partial charge in [0, 0.05) is 18.3 Å². The van der Waals surface area contributed by atoms with Crippen LogP contribution in [0.1, 0.15) is 58.0 Å². The van der Waals surface area contributed by atoms with E-state index in [4.69, 9.17) is 9.47 Å². The number of para-hydroxylation sites is 1. The number of rotatable bonds is 11. The van der Waals surface area contributed by atoms with Crippen molar-refractivity contribution in [3.05, 3.63) is 59.9 Å². The van der Waals surface area contributed by atoms with Crippen LogP contribution in [0.25, 0.3) is 0 Å². The maximum Gasteiger partial charge on any atom is 0.234 e. The van der Waals surface area contributed by atoms with E-state index in [1.807, 2.05) is 43.3 Å². The normalized spacial score (nSPS) is 12.1. The molecular formula is C26H34N4O3S. The molecule has 1 heterocycles. The maximum absolute atomic E-state index is 12.5. The Labute approximate surface area is 206 Å². The lowest BCUT2D eigenvalue weighted by Crippen LogP contribution is -2.17. The van der Waals surface area contributed by atoms with Crippen LogP contribution in [-0.4, -0.2) is 33.5 Å². The molecule has 1 unspecified atom stereocenters. The van der Waals surface area contributed by atoms with Gasteiger partial charge < -0.3 is 19.4 Å². The zero-order valence-corrected chi connectivity index (χ0v) is 21.6. The number of nitrogens with zero attached hydrogens (tertiary/aromatic N) is 3. The van der Waals surface area contributed by atoms with Crippen LogP contribution < -0.4 is 14.8 Å². The number of hydrogen-bond donors (Lipinski definition) is 1. The van der Waals surface area contributed by atoms with Crippen LogP contribution in [0.2, 0.25) is 0 Å². The lowest BCUT2D eigenvalue weighted by molar-refractivity contribution is -0.113. The minimum absolute atomic E-state index is 0.117. The lowest BCUT2D eigenvalue weighted by Gasteiger charge is -2.20. The number of methoxy groups -OCH3 is 1. The van der Waals surface area contributed by atoms with Gasteiger partial charge in [-0.25, -0.2) is 0 Å². The molecule has 0 aliphatic rings. The second kappa shape index (κ2) is 11.9. The average Bonchev–Trinajstić information content (AvgIpc) is 3.19. The Morgan fingerprint density at radius 2 is 1.82 bits per heavy atom. The molecule has 1 atom stereocenters. The smallest absolute Gasteiger partial charge is 0.234 e. The molecule has 0 aliphatic heterocycles. The highest BCUT2D eigenvalue weighted by Gasteiger charge is 2.22. The molecule has 3 aromatic rings. The number of ether oxygens (including phenoxy) is 2. The summed E-state index contributed by atoms with van der Waals surface area (Å²) in [6.45, 7) is 11.3. The third-order valence-electron chi connectivity index (χ3n) is 5.19. The summed E-state index contributed by atoms with van der Waals surface area (Å²) in [5.74, 6) is 3.15. The predicted octanol–water partition coefficient (Wildman–Crippen LogP) is 5.94. The lowest BCUT2D eigenvalue weighted by atomic mass is 10.0. The fourth-order valence-corrected chi connectivity index (χ4v) is 4.34. The third kappa shape index (κ3) is 6.76. The van der Waals surface area contributed by atoms with Crippen LogP contribution in [0.15, 0.2) is 53.7 Å². The first kappa shape index (κ1) is 25.6. The van der Waals surface area contributed by atoms with Crippen LogP contribution in [0, 0.1) is 5.92 Å². The van der Waals surface area contributed by atoms with E-state index in [1.54, 1.807) is 13.2 Å². The molecule has 0 spiro atoms. The van der Waals surface area contributed by atoms with Crippen LogP contribution in [0.4, 0.5) is 5.69 Å². The van der Waals surface area contributed by atoms with Gasteiger partial charge >= 0.3 is 0 Å². The molecule has 0 aliphatic carbocycles. The third-order valence-corrected chi connectivity index (χ3v) is 6.15. The zero-order chi connectivity index (χ0) is 24.7. The number of anilines is 1. The largest absolute Gasteiger partial charge is 0.497 e. The van der Waals surface area contributed by atoms with E-state index < -0.39 is 0 Å². The van der Waals surface area contributed by atoms with Crippen molar-refractivity contribution in [1.29, 1.82) is 0 Å². The fourth-order valence-electron chi connectivity index (χ4n) is 3.58. The molecule has 0 fully saturated rings. The van der Waals surface area contributed by atoms with Gasteiger partial charge in [0.05, 0.1) is 12.9 Å². The highest BCUT2D eigenvalue weighted by Crippen LogP contribution is 2.31. The standard InChI is InChI=1S/C26H34N4O3S/c1-17(2)15-30-25(19(5)33-23-13-8-7-12-22(23)18(3)4)28-29-26(30)34-16-24(31)27-20-10-9-11-21(14-20)32-6/h7-14,17-19H,15-16H2,1-6H3,(H,27,31). The summed E-state index contributed by atoms with van der Waals surface area (Å²) in [5.41, 5.74) is 1.85. The van der Waals surface area contributed by atoms with Gasteiger partial charge in [0.1, 0.15) is 11.5 Å². The van der Waals surface area contributed by atoms with Gasteiger partial charge in [-0.2, -0.15) is 0 Å². The summed E-state index contributed by atoms with van der Waals surface area (Å²) >= 11 is 1.37. The van der Waals surface area contributed by atoms with E-state index in [2.05, 4.69) is 53.8 Å². The van der Waals surface area contributed by atoms with E-state index in [1.165, 1.54) is 11.8 Å². The van der Waals surface area contributed by atoms with Gasteiger partial charge in [0.15, 0.2) is 17.1 Å². The molecule has 0 radical (unpaired) electrons. The van der Waals surface area contributed by atoms with Crippen LogP contribution in [-0.2, 0) is 11.3 Å². The summed E-state index contributed by atoms with van der Waals surface area (Å²) in [7, 11) is 1.60. The van der Waals surface area contributed by atoms with Gasteiger partial charge in [0.25, 0.3) is 0 Å². The van der Waals surface area contributed by atoms with Crippen LogP contribution in [0.5, 0.6) is 11.5 Å². The average molecular weight is 483 g/mol. The van der Waals surface area contributed by atoms with Crippen molar-refractivity contribution < 1.29 is 14.3 Å². The number of thioether (sulfide) groups is 1. The molecular weight excluding hydrogens is 448 g/mol. The van der Waals surface area contributed by atoms with Gasteiger partial charge in [-0.3, -0.25) is 4.79 Å². The van der Waals surface area contributed by atoms with Crippen molar-refractivity contribution in [2.45, 2.75) is 58.3 Å². The van der Waals surface area contributed by atoms with Gasteiger partial charge in [-0.05, 0) is 42.5 Å². The maximum atomic E-state index is 12.5. The highest BCUT2D eigenvalue weighted by atomic mass is 32.2. The SMILES string of the molecule is COc1cccc(NC(=O)CSc2nnc(C(C)Oc3ccccc3C(C)C)n2CC(C)C)c1. The first-order chi connectivity index (χ1) is 16.3. The monoisotopic (exact) mass is 482 g/mol. The molecule has 3 rings (SSSR count). The number of hydrogen-bond acceptors (Lipinski definition) is 6. The number of carbonyl (C=O) groups is 1. The van der Waals surface area contributed by atoms with E-state index in [0.717, 1.165) is 23.7 Å². The molecule has 0 saturated carbocycles. The summed E-state index contributed by atoms with van der Waals surface area (Å²) < 4.78 is 13.6. The molecule has 182 valence electrons. The van der Waals surface area contributed by atoms with Crippen molar-refractivity contribution in [2.75, 3.05) is 18.2 Å². The summed E-state index contributed by atoms with van der Waals surface area (Å²) in [5, 5.41) is 12.4. The van der Waals surface area contributed by atoms with Gasteiger partial charge in [0.2, 0.25) is 5.91 Å². The van der Waals surface area contributed by atoms with Gasteiger partial charge in [-0.15, -0.1) is 10.2 Å². The molecule has 0 saturated heterocycles. The molecule has 1 amide bonds. The summed E-state index contributed by atoms with van der Waals surface area (Å²) in [6, 6.07) is 15.4. The van der Waals surface area contributed by atoms with Crippen LogP contribution in [0.3, 0.4) is 0 Å². The van der Waals surface area contributed by atoms with E-state index >= 15 is 0 Å². The Hall–Kier alpha value is -3.00. The highest BCUT2D eigenvalue weighted by molar-refractivity contribution is 7.99. The Morgan fingerprint density at radius 3 is 2.53 bits per heavy atom. The molecule has 2 aromatic carbocycles. The first-order valence-electron chi connectivity index (χ1n) is 11.5.